The third-order valence-corrected chi connectivity index (χ3v) is 4.55. The first-order valence-corrected chi connectivity index (χ1v) is 8.91. The number of allylic oxidation sites excluding steroid dienone is 1. The van der Waals surface area contributed by atoms with Crippen molar-refractivity contribution >= 4 is 18.0 Å². The number of morpholine rings is 1. The Morgan fingerprint density at radius 3 is 2.71 bits per heavy atom. The van der Waals surface area contributed by atoms with Gasteiger partial charge in [0.25, 0.3) is 0 Å². The zero-order valence-corrected chi connectivity index (χ0v) is 15.3. The number of hydrogen-bond donors (Lipinski definition) is 0. The van der Waals surface area contributed by atoms with E-state index in [4.69, 9.17) is 18.9 Å². The fourth-order valence-electron chi connectivity index (χ4n) is 3.03. The topological polar surface area (TPSA) is 74.3 Å². The summed E-state index contributed by atoms with van der Waals surface area (Å²) in [4.78, 5) is 26.6. The van der Waals surface area contributed by atoms with Crippen molar-refractivity contribution in [2.45, 2.75) is 0 Å². The summed E-state index contributed by atoms with van der Waals surface area (Å²) in [5, 5.41) is 0. The Labute approximate surface area is 162 Å². The lowest BCUT2D eigenvalue weighted by Gasteiger charge is -2.26. The predicted molar refractivity (Wildman–Crippen MR) is 101 cm³/mol. The van der Waals surface area contributed by atoms with Gasteiger partial charge in [-0.3, -0.25) is 4.79 Å². The average molecular weight is 381 g/mol. The molecule has 2 aliphatic heterocycles. The van der Waals surface area contributed by atoms with E-state index in [0.717, 1.165) is 0 Å². The standard InChI is InChI=1S/C21H19NO6/c1-25-15-6-7-16-18(13-15)27-19(20(16)23)12-14-4-2-3-5-17(14)28-21(24)22-8-10-26-11-9-22/h2-7,12-13H,8-11H2,1H3/b19-12+. The van der Waals surface area contributed by atoms with Crippen LogP contribution in [0.25, 0.3) is 6.08 Å². The van der Waals surface area contributed by atoms with Gasteiger partial charge >= 0.3 is 6.09 Å². The molecule has 7 heteroatoms. The van der Waals surface area contributed by atoms with E-state index in [1.165, 1.54) is 0 Å². The van der Waals surface area contributed by atoms with Crippen LogP contribution in [0.15, 0.2) is 48.2 Å². The number of carbonyl (C=O) groups excluding carboxylic acids is 2. The SMILES string of the molecule is COc1ccc2c(c1)O/C(=C/c1ccccc1OC(=O)N1CCOCC1)C2=O. The fraction of sp³-hybridized carbons (Fsp3) is 0.238. The molecule has 1 amide bonds. The van der Waals surface area contributed by atoms with Crippen LogP contribution < -0.4 is 14.2 Å². The van der Waals surface area contributed by atoms with Crippen molar-refractivity contribution in [2.75, 3.05) is 33.4 Å². The molecule has 144 valence electrons. The Morgan fingerprint density at radius 2 is 1.93 bits per heavy atom. The lowest BCUT2D eigenvalue weighted by molar-refractivity contribution is 0.0415. The first-order valence-electron chi connectivity index (χ1n) is 8.91. The molecule has 0 aliphatic carbocycles. The average Bonchev–Trinajstić information content (AvgIpc) is 3.04. The second-order valence-corrected chi connectivity index (χ2v) is 6.31. The van der Waals surface area contributed by atoms with Crippen LogP contribution in [0.4, 0.5) is 4.79 Å². The monoisotopic (exact) mass is 381 g/mol. The van der Waals surface area contributed by atoms with E-state index in [0.29, 0.717) is 54.7 Å². The Kier molecular flexibility index (Phi) is 4.99. The first-order chi connectivity index (χ1) is 13.7. The van der Waals surface area contributed by atoms with Crippen molar-refractivity contribution in [3.8, 4) is 17.2 Å². The van der Waals surface area contributed by atoms with Gasteiger partial charge in [0.05, 0.1) is 25.9 Å². The van der Waals surface area contributed by atoms with Gasteiger partial charge in [-0.1, -0.05) is 18.2 Å². The summed E-state index contributed by atoms with van der Waals surface area (Å²) in [7, 11) is 1.55. The lowest BCUT2D eigenvalue weighted by atomic mass is 10.1. The van der Waals surface area contributed by atoms with Crippen molar-refractivity contribution in [2.24, 2.45) is 0 Å². The largest absolute Gasteiger partial charge is 0.497 e. The van der Waals surface area contributed by atoms with Gasteiger partial charge in [-0.2, -0.15) is 0 Å². The van der Waals surface area contributed by atoms with Crippen molar-refractivity contribution in [1.82, 2.24) is 4.90 Å². The zero-order valence-electron chi connectivity index (χ0n) is 15.3. The van der Waals surface area contributed by atoms with E-state index in [2.05, 4.69) is 0 Å². The highest BCUT2D eigenvalue weighted by Gasteiger charge is 2.28. The molecular weight excluding hydrogens is 362 g/mol. The smallest absolute Gasteiger partial charge is 0.415 e. The number of nitrogens with zero attached hydrogens (tertiary/aromatic N) is 1. The number of ether oxygens (including phenoxy) is 4. The van der Waals surface area contributed by atoms with Crippen LogP contribution in [0.2, 0.25) is 0 Å². The summed E-state index contributed by atoms with van der Waals surface area (Å²) in [6, 6.07) is 12.0. The third kappa shape index (κ3) is 3.57. The second-order valence-electron chi connectivity index (χ2n) is 6.31. The summed E-state index contributed by atoms with van der Waals surface area (Å²) >= 11 is 0. The van der Waals surface area contributed by atoms with Crippen molar-refractivity contribution in [3.63, 3.8) is 0 Å². The molecule has 2 aromatic rings. The molecule has 0 aromatic heterocycles. The third-order valence-electron chi connectivity index (χ3n) is 4.55. The number of benzene rings is 2. The highest BCUT2D eigenvalue weighted by Crippen LogP contribution is 2.35. The molecular formula is C21H19NO6. The highest BCUT2D eigenvalue weighted by atomic mass is 16.6. The number of amides is 1. The van der Waals surface area contributed by atoms with Gasteiger partial charge in [0.15, 0.2) is 5.76 Å². The van der Waals surface area contributed by atoms with Crippen LogP contribution in [-0.2, 0) is 4.74 Å². The minimum atomic E-state index is -0.444. The van der Waals surface area contributed by atoms with E-state index in [1.54, 1.807) is 60.6 Å². The molecule has 2 aliphatic rings. The number of ketones is 1. The van der Waals surface area contributed by atoms with Gasteiger partial charge in [0, 0.05) is 24.7 Å². The van der Waals surface area contributed by atoms with Crippen molar-refractivity contribution < 1.29 is 28.5 Å². The molecule has 1 saturated heterocycles. The summed E-state index contributed by atoms with van der Waals surface area (Å²) in [6.45, 7) is 1.96. The van der Waals surface area contributed by atoms with Crippen LogP contribution in [0.1, 0.15) is 15.9 Å². The molecule has 4 rings (SSSR count). The Hall–Kier alpha value is -3.32. The normalized spacial score (nSPS) is 17.2. The Morgan fingerprint density at radius 1 is 1.14 bits per heavy atom. The summed E-state index contributed by atoms with van der Waals surface area (Å²) in [5.41, 5.74) is 1.04. The van der Waals surface area contributed by atoms with Gasteiger partial charge in [-0.25, -0.2) is 4.79 Å². The van der Waals surface area contributed by atoms with E-state index in [-0.39, 0.29) is 11.5 Å². The number of carbonyl (C=O) groups is 2. The number of methoxy groups -OCH3 is 1. The quantitative estimate of drug-likeness (QED) is 0.761. The Bertz CT molecular complexity index is 946. The maximum atomic E-state index is 12.6. The second kappa shape index (κ2) is 7.74. The van der Waals surface area contributed by atoms with E-state index >= 15 is 0 Å². The first kappa shape index (κ1) is 18.1. The molecule has 7 nitrogen and oxygen atoms in total. The number of hydrogen-bond acceptors (Lipinski definition) is 6. The summed E-state index contributed by atoms with van der Waals surface area (Å²) < 4.78 is 21.7. The molecule has 0 spiro atoms. The van der Waals surface area contributed by atoms with E-state index < -0.39 is 6.09 Å². The van der Waals surface area contributed by atoms with Gasteiger partial charge in [-0.15, -0.1) is 0 Å². The maximum Gasteiger partial charge on any atom is 0.415 e. The Balaban J connectivity index is 1.57. The highest BCUT2D eigenvalue weighted by molar-refractivity contribution is 6.14. The molecule has 2 aromatic carbocycles. The number of fused-ring (bicyclic) bond motifs is 1. The van der Waals surface area contributed by atoms with Crippen LogP contribution in [0.5, 0.6) is 17.2 Å². The molecule has 0 N–H and O–H groups in total. The van der Waals surface area contributed by atoms with Crippen LogP contribution >= 0.6 is 0 Å². The predicted octanol–water partition coefficient (Wildman–Crippen LogP) is 3.14. The summed E-state index contributed by atoms with van der Waals surface area (Å²) in [5.74, 6) is 1.34. The van der Waals surface area contributed by atoms with Crippen LogP contribution in [0, 0.1) is 0 Å². The van der Waals surface area contributed by atoms with Crippen molar-refractivity contribution in [3.05, 3.63) is 59.4 Å². The minimum absolute atomic E-state index is 0.165. The molecule has 0 saturated carbocycles. The zero-order chi connectivity index (χ0) is 19.5. The molecule has 0 unspecified atom stereocenters. The fourth-order valence-corrected chi connectivity index (χ4v) is 3.03. The molecule has 1 fully saturated rings. The van der Waals surface area contributed by atoms with Crippen LogP contribution in [-0.4, -0.2) is 50.2 Å². The van der Waals surface area contributed by atoms with Gasteiger partial charge < -0.3 is 23.8 Å². The van der Waals surface area contributed by atoms with Crippen LogP contribution in [0.3, 0.4) is 0 Å². The molecule has 0 bridgehead atoms. The van der Waals surface area contributed by atoms with Gasteiger partial charge in [0.2, 0.25) is 5.78 Å². The molecule has 0 radical (unpaired) electrons. The minimum Gasteiger partial charge on any atom is -0.497 e. The molecule has 0 atom stereocenters. The molecule has 2 heterocycles. The number of Topliss-reactive ketones (excluding diaryl/α,β-unsaturated/α-hetero) is 1. The van der Waals surface area contributed by atoms with Gasteiger partial charge in [-0.05, 0) is 24.3 Å². The number of para-hydroxylation sites is 1. The number of rotatable bonds is 3. The van der Waals surface area contributed by atoms with Crippen molar-refractivity contribution in [1.29, 1.82) is 0 Å². The maximum absolute atomic E-state index is 12.6. The molecule has 28 heavy (non-hydrogen) atoms. The van der Waals surface area contributed by atoms with E-state index in [1.807, 2.05) is 0 Å². The lowest BCUT2D eigenvalue weighted by Crippen LogP contribution is -2.42. The van der Waals surface area contributed by atoms with Gasteiger partial charge in [0.1, 0.15) is 17.2 Å². The van der Waals surface area contributed by atoms with E-state index in [9.17, 15) is 9.59 Å². The summed E-state index contributed by atoms with van der Waals surface area (Å²) in [6.07, 6.45) is 1.14.